The van der Waals surface area contributed by atoms with Gasteiger partial charge in [-0.15, -0.1) is 0 Å². The maximum atomic E-state index is 11.7. The molecule has 0 radical (unpaired) electrons. The van der Waals surface area contributed by atoms with Crippen LogP contribution >= 0.6 is 0 Å². The minimum Gasteiger partial charge on any atom is -0.487 e. The van der Waals surface area contributed by atoms with E-state index in [0.717, 1.165) is 24.0 Å². The van der Waals surface area contributed by atoms with Gasteiger partial charge in [-0.3, -0.25) is 4.79 Å². The molecule has 0 unspecified atom stereocenters. The van der Waals surface area contributed by atoms with Crippen LogP contribution in [0.4, 0.5) is 5.69 Å². The van der Waals surface area contributed by atoms with Gasteiger partial charge in [0.1, 0.15) is 12.4 Å². The average molecular weight is 322 g/mol. The van der Waals surface area contributed by atoms with Crippen LogP contribution in [-0.2, 0) is 11.4 Å². The molecule has 1 fully saturated rings. The summed E-state index contributed by atoms with van der Waals surface area (Å²) in [5.41, 5.74) is 9.83. The van der Waals surface area contributed by atoms with E-state index in [1.165, 1.54) is 5.56 Å². The number of amides is 1. The van der Waals surface area contributed by atoms with E-state index in [4.69, 9.17) is 10.5 Å². The minimum atomic E-state index is -0.0593. The number of rotatable bonds is 6. The molecule has 0 saturated heterocycles. The Morgan fingerprint density at radius 3 is 2.79 bits per heavy atom. The molecule has 3 rings (SSSR count). The molecule has 1 aliphatic rings. The summed E-state index contributed by atoms with van der Waals surface area (Å²) in [7, 11) is 0. The Labute approximate surface area is 142 Å². The van der Waals surface area contributed by atoms with Gasteiger partial charge in [0.15, 0.2) is 0 Å². The number of nitrogens with one attached hydrogen (secondary N) is 1. The topological polar surface area (TPSA) is 64.3 Å². The van der Waals surface area contributed by atoms with Gasteiger partial charge in [-0.25, -0.2) is 0 Å². The van der Waals surface area contributed by atoms with E-state index < -0.39 is 0 Å². The smallest absolute Gasteiger partial charge is 0.244 e. The van der Waals surface area contributed by atoms with E-state index in [9.17, 15) is 4.79 Å². The molecule has 0 atom stereocenters. The van der Waals surface area contributed by atoms with Crippen LogP contribution in [0.25, 0.3) is 6.08 Å². The largest absolute Gasteiger partial charge is 0.487 e. The molecule has 4 nitrogen and oxygen atoms in total. The van der Waals surface area contributed by atoms with Gasteiger partial charge in [-0.1, -0.05) is 30.3 Å². The fraction of sp³-hybridized carbons (Fsp3) is 0.250. The Kier molecular flexibility index (Phi) is 4.85. The van der Waals surface area contributed by atoms with E-state index in [1.54, 1.807) is 12.2 Å². The summed E-state index contributed by atoms with van der Waals surface area (Å²) >= 11 is 0. The van der Waals surface area contributed by atoms with Gasteiger partial charge < -0.3 is 15.8 Å². The van der Waals surface area contributed by atoms with Crippen molar-refractivity contribution in [2.75, 3.05) is 5.73 Å². The highest BCUT2D eigenvalue weighted by Gasteiger charge is 2.21. The third-order valence-corrected chi connectivity index (χ3v) is 4.03. The number of ether oxygens (including phenoxy) is 1. The highest BCUT2D eigenvalue weighted by Crippen LogP contribution is 2.25. The van der Waals surface area contributed by atoms with Crippen molar-refractivity contribution in [1.82, 2.24) is 5.32 Å². The first kappa shape index (κ1) is 16.1. The van der Waals surface area contributed by atoms with Crippen molar-refractivity contribution in [3.8, 4) is 5.75 Å². The molecule has 1 amide bonds. The molecule has 0 aromatic heterocycles. The number of carbonyl (C=O) groups is 1. The zero-order chi connectivity index (χ0) is 16.9. The Balaban J connectivity index is 1.60. The van der Waals surface area contributed by atoms with Crippen molar-refractivity contribution in [3.63, 3.8) is 0 Å². The molecule has 0 bridgehead atoms. The standard InChI is InChI=1S/C20H22N2O2/c1-14-4-2-3-5-16(14)13-24-19-10-6-15(12-18(19)21)7-11-20(23)22-17-8-9-17/h2-7,10-12,17H,8-9,13,21H2,1H3,(H,22,23)/b11-7-. The molecule has 0 spiro atoms. The van der Waals surface area contributed by atoms with Crippen molar-refractivity contribution in [2.45, 2.75) is 32.4 Å². The van der Waals surface area contributed by atoms with E-state index in [0.29, 0.717) is 24.1 Å². The summed E-state index contributed by atoms with van der Waals surface area (Å²) in [4.78, 5) is 11.7. The fourth-order valence-electron chi connectivity index (χ4n) is 2.38. The predicted octanol–water partition coefficient (Wildman–Crippen LogP) is 3.45. The number of hydrogen-bond donors (Lipinski definition) is 2. The third-order valence-electron chi connectivity index (χ3n) is 4.03. The lowest BCUT2D eigenvalue weighted by molar-refractivity contribution is -0.116. The molecule has 1 saturated carbocycles. The Hall–Kier alpha value is -2.75. The van der Waals surface area contributed by atoms with Gasteiger partial charge in [-0.2, -0.15) is 0 Å². The lowest BCUT2D eigenvalue weighted by atomic mass is 10.1. The van der Waals surface area contributed by atoms with E-state index in [-0.39, 0.29) is 5.91 Å². The van der Waals surface area contributed by atoms with Gasteiger partial charge in [0.25, 0.3) is 0 Å². The quantitative estimate of drug-likeness (QED) is 0.632. The molecule has 3 N–H and O–H groups in total. The van der Waals surface area contributed by atoms with Gasteiger partial charge >= 0.3 is 0 Å². The Bertz CT molecular complexity index is 764. The average Bonchev–Trinajstić information content (AvgIpc) is 3.37. The van der Waals surface area contributed by atoms with Crippen LogP contribution < -0.4 is 15.8 Å². The van der Waals surface area contributed by atoms with E-state index >= 15 is 0 Å². The fourth-order valence-corrected chi connectivity index (χ4v) is 2.38. The van der Waals surface area contributed by atoms with Crippen molar-refractivity contribution in [2.24, 2.45) is 0 Å². The number of nitrogen functional groups attached to an aromatic ring is 1. The number of aryl methyl sites for hydroxylation is 1. The summed E-state index contributed by atoms with van der Waals surface area (Å²) < 4.78 is 5.82. The zero-order valence-electron chi connectivity index (χ0n) is 13.8. The second kappa shape index (κ2) is 7.21. The predicted molar refractivity (Wildman–Crippen MR) is 96.6 cm³/mol. The minimum absolute atomic E-state index is 0.0593. The van der Waals surface area contributed by atoms with Gasteiger partial charge in [-0.05, 0) is 54.7 Å². The van der Waals surface area contributed by atoms with Crippen molar-refractivity contribution >= 4 is 17.7 Å². The molecule has 24 heavy (non-hydrogen) atoms. The number of hydrogen-bond acceptors (Lipinski definition) is 3. The molecule has 2 aromatic rings. The van der Waals surface area contributed by atoms with Crippen LogP contribution in [0.3, 0.4) is 0 Å². The van der Waals surface area contributed by atoms with Crippen LogP contribution in [0.15, 0.2) is 48.5 Å². The SMILES string of the molecule is Cc1ccccc1COc1ccc(/C=C\C(=O)NC2CC2)cc1N. The first-order chi connectivity index (χ1) is 11.6. The molecule has 2 aromatic carbocycles. The number of nitrogens with two attached hydrogens (primary N) is 1. The van der Waals surface area contributed by atoms with Crippen LogP contribution in [-0.4, -0.2) is 11.9 Å². The Morgan fingerprint density at radius 1 is 1.29 bits per heavy atom. The first-order valence-electron chi connectivity index (χ1n) is 8.17. The highest BCUT2D eigenvalue weighted by molar-refractivity contribution is 5.92. The summed E-state index contributed by atoms with van der Waals surface area (Å²) in [6.07, 6.45) is 5.47. The van der Waals surface area contributed by atoms with Crippen LogP contribution in [0.1, 0.15) is 29.5 Å². The summed E-state index contributed by atoms with van der Waals surface area (Å²) in [6, 6.07) is 14.0. The maximum absolute atomic E-state index is 11.7. The molecule has 1 aliphatic carbocycles. The number of carbonyl (C=O) groups excluding carboxylic acids is 1. The van der Waals surface area contributed by atoms with Crippen molar-refractivity contribution in [1.29, 1.82) is 0 Å². The van der Waals surface area contributed by atoms with Crippen molar-refractivity contribution in [3.05, 3.63) is 65.2 Å². The Morgan fingerprint density at radius 2 is 2.08 bits per heavy atom. The van der Waals surface area contributed by atoms with Crippen molar-refractivity contribution < 1.29 is 9.53 Å². The monoisotopic (exact) mass is 322 g/mol. The van der Waals surface area contributed by atoms with Crippen LogP contribution in [0.5, 0.6) is 5.75 Å². The summed E-state index contributed by atoms with van der Waals surface area (Å²) in [6.45, 7) is 2.54. The molecule has 0 aliphatic heterocycles. The lowest BCUT2D eigenvalue weighted by Crippen LogP contribution is -2.22. The molecule has 4 heteroatoms. The summed E-state index contributed by atoms with van der Waals surface area (Å²) in [5, 5.41) is 2.91. The van der Waals surface area contributed by atoms with Gasteiger partial charge in [0.2, 0.25) is 5.91 Å². The van der Waals surface area contributed by atoms with Crippen LogP contribution in [0, 0.1) is 6.92 Å². The van der Waals surface area contributed by atoms with Crippen LogP contribution in [0.2, 0.25) is 0 Å². The van der Waals surface area contributed by atoms with Gasteiger partial charge in [0.05, 0.1) is 5.69 Å². The van der Waals surface area contributed by atoms with Gasteiger partial charge in [0, 0.05) is 12.1 Å². The lowest BCUT2D eigenvalue weighted by Gasteiger charge is -2.11. The zero-order valence-corrected chi connectivity index (χ0v) is 13.8. The molecular weight excluding hydrogens is 300 g/mol. The van der Waals surface area contributed by atoms with E-state index in [1.807, 2.05) is 36.4 Å². The number of anilines is 1. The maximum Gasteiger partial charge on any atom is 0.244 e. The second-order valence-electron chi connectivity index (χ2n) is 6.13. The second-order valence-corrected chi connectivity index (χ2v) is 6.13. The summed E-state index contributed by atoms with van der Waals surface area (Å²) in [5.74, 6) is 0.591. The normalized spacial score (nSPS) is 13.9. The molecule has 0 heterocycles. The number of benzene rings is 2. The van der Waals surface area contributed by atoms with E-state index in [2.05, 4.69) is 18.3 Å². The highest BCUT2D eigenvalue weighted by atomic mass is 16.5. The molecule has 124 valence electrons. The first-order valence-corrected chi connectivity index (χ1v) is 8.17. The molecular formula is C20H22N2O2. The third kappa shape index (κ3) is 4.38.